The summed E-state index contributed by atoms with van der Waals surface area (Å²) in [5.74, 6) is -0.875. The van der Waals surface area contributed by atoms with Crippen LogP contribution >= 0.6 is 0 Å². The van der Waals surface area contributed by atoms with E-state index in [0.717, 1.165) is 25.0 Å². The molecule has 1 aromatic heterocycles. The van der Waals surface area contributed by atoms with Gasteiger partial charge in [0.2, 0.25) is 0 Å². The first kappa shape index (κ1) is 10.2. The van der Waals surface area contributed by atoms with Crippen LogP contribution in [0.4, 0.5) is 0 Å². The molecule has 0 bridgehead atoms. The van der Waals surface area contributed by atoms with Crippen LogP contribution in [0.15, 0.2) is 0 Å². The van der Waals surface area contributed by atoms with E-state index in [0.29, 0.717) is 0 Å². The molecule has 1 aromatic rings. The predicted octanol–water partition coefficient (Wildman–Crippen LogP) is 0.383. The van der Waals surface area contributed by atoms with Crippen molar-refractivity contribution in [3.63, 3.8) is 0 Å². The molecule has 1 aliphatic carbocycles. The zero-order chi connectivity index (χ0) is 11.0. The Morgan fingerprint density at radius 1 is 1.67 bits per heavy atom. The van der Waals surface area contributed by atoms with Gasteiger partial charge in [0.25, 0.3) is 0 Å². The van der Waals surface area contributed by atoms with Crippen molar-refractivity contribution in [3.05, 3.63) is 17.0 Å². The molecule has 0 aromatic carbocycles. The molecular weight excluding hydrogens is 194 g/mol. The molecule has 15 heavy (non-hydrogen) atoms. The number of hydrogen-bond acceptors (Lipinski definition) is 3. The minimum absolute atomic E-state index is 0.0521. The quantitative estimate of drug-likeness (QED) is 0.754. The minimum atomic E-state index is -0.875. The van der Waals surface area contributed by atoms with Crippen LogP contribution in [-0.2, 0) is 24.7 Å². The van der Waals surface area contributed by atoms with E-state index >= 15 is 0 Å². The Kier molecular flexibility index (Phi) is 2.48. The Balaban J connectivity index is 2.28. The third-order valence-electron chi connectivity index (χ3n) is 2.89. The smallest absolute Gasteiger partial charge is 0.305 e. The highest BCUT2D eigenvalue weighted by atomic mass is 16.4. The van der Waals surface area contributed by atoms with Gasteiger partial charge in [-0.3, -0.25) is 9.48 Å². The van der Waals surface area contributed by atoms with Crippen molar-refractivity contribution >= 4 is 5.97 Å². The third-order valence-corrected chi connectivity index (χ3v) is 2.89. The monoisotopic (exact) mass is 209 g/mol. The summed E-state index contributed by atoms with van der Waals surface area (Å²) in [5.41, 5.74) is 8.98. The van der Waals surface area contributed by atoms with Gasteiger partial charge in [-0.05, 0) is 24.8 Å². The molecule has 1 unspecified atom stereocenters. The summed E-state index contributed by atoms with van der Waals surface area (Å²) < 4.78 is 1.83. The molecule has 5 nitrogen and oxygen atoms in total. The second-order valence-electron chi connectivity index (χ2n) is 3.99. The maximum atomic E-state index is 10.6. The highest BCUT2D eigenvalue weighted by molar-refractivity contribution is 5.67. The third kappa shape index (κ3) is 1.74. The fraction of sp³-hybridized carbons (Fsp3) is 0.600. The molecule has 5 heteroatoms. The number of aliphatic carboxylic acids is 1. The summed E-state index contributed by atoms with van der Waals surface area (Å²) in [6, 6.07) is -0.476. The van der Waals surface area contributed by atoms with Crippen LogP contribution in [0, 0.1) is 0 Å². The number of fused-ring (bicyclic) bond motifs is 1. The average molecular weight is 209 g/mol. The van der Waals surface area contributed by atoms with E-state index in [1.807, 2.05) is 11.7 Å². The largest absolute Gasteiger partial charge is 0.481 e. The van der Waals surface area contributed by atoms with E-state index in [-0.39, 0.29) is 6.42 Å². The van der Waals surface area contributed by atoms with Gasteiger partial charge in [-0.1, -0.05) is 0 Å². The Morgan fingerprint density at radius 2 is 2.40 bits per heavy atom. The molecule has 1 heterocycles. The first-order valence-corrected chi connectivity index (χ1v) is 5.11. The zero-order valence-corrected chi connectivity index (χ0v) is 8.73. The van der Waals surface area contributed by atoms with Crippen molar-refractivity contribution in [2.45, 2.75) is 31.7 Å². The molecule has 0 amide bonds. The first-order chi connectivity index (χ1) is 7.09. The van der Waals surface area contributed by atoms with E-state index in [1.165, 1.54) is 11.3 Å². The van der Waals surface area contributed by atoms with E-state index in [9.17, 15) is 4.79 Å². The van der Waals surface area contributed by atoms with Crippen LogP contribution in [0.1, 0.15) is 35.8 Å². The summed E-state index contributed by atoms with van der Waals surface area (Å²) in [7, 11) is 1.89. The highest BCUT2D eigenvalue weighted by Gasteiger charge is 2.25. The number of carbonyl (C=O) groups is 1. The second-order valence-corrected chi connectivity index (χ2v) is 3.99. The van der Waals surface area contributed by atoms with E-state index in [4.69, 9.17) is 10.8 Å². The van der Waals surface area contributed by atoms with Gasteiger partial charge in [0.1, 0.15) is 0 Å². The Hall–Kier alpha value is -1.36. The van der Waals surface area contributed by atoms with Crippen LogP contribution in [0.5, 0.6) is 0 Å². The van der Waals surface area contributed by atoms with Crippen LogP contribution in [0.2, 0.25) is 0 Å². The van der Waals surface area contributed by atoms with Crippen LogP contribution < -0.4 is 5.73 Å². The number of aryl methyl sites for hydroxylation is 1. The number of aromatic nitrogens is 2. The number of carboxylic acids is 1. The van der Waals surface area contributed by atoms with Crippen LogP contribution in [0.3, 0.4) is 0 Å². The fourth-order valence-electron chi connectivity index (χ4n) is 2.23. The van der Waals surface area contributed by atoms with Gasteiger partial charge in [-0.2, -0.15) is 5.10 Å². The van der Waals surface area contributed by atoms with Gasteiger partial charge in [0.15, 0.2) is 0 Å². The number of nitrogens with two attached hydrogens (primary N) is 1. The zero-order valence-electron chi connectivity index (χ0n) is 8.73. The molecule has 1 atom stereocenters. The summed E-state index contributed by atoms with van der Waals surface area (Å²) in [6.07, 6.45) is 3.07. The minimum Gasteiger partial charge on any atom is -0.481 e. The molecule has 0 radical (unpaired) electrons. The van der Waals surface area contributed by atoms with Crippen molar-refractivity contribution in [2.75, 3.05) is 0 Å². The fourth-order valence-corrected chi connectivity index (χ4v) is 2.23. The molecule has 1 aliphatic rings. The maximum Gasteiger partial charge on any atom is 0.305 e. The van der Waals surface area contributed by atoms with Crippen molar-refractivity contribution < 1.29 is 9.90 Å². The van der Waals surface area contributed by atoms with Gasteiger partial charge in [-0.25, -0.2) is 0 Å². The molecule has 3 N–H and O–H groups in total. The molecular formula is C10H15N3O2. The Morgan fingerprint density at radius 3 is 3.07 bits per heavy atom. The Bertz CT molecular complexity index is 398. The average Bonchev–Trinajstić information content (AvgIpc) is 2.68. The van der Waals surface area contributed by atoms with Crippen molar-refractivity contribution in [1.82, 2.24) is 9.78 Å². The SMILES string of the molecule is Cn1nc(C(N)CC(=O)O)c2c1CCC2. The van der Waals surface area contributed by atoms with Gasteiger partial charge in [-0.15, -0.1) is 0 Å². The van der Waals surface area contributed by atoms with E-state index < -0.39 is 12.0 Å². The summed E-state index contributed by atoms with van der Waals surface area (Å²) >= 11 is 0. The molecule has 0 saturated carbocycles. The van der Waals surface area contributed by atoms with E-state index in [2.05, 4.69) is 5.10 Å². The highest BCUT2D eigenvalue weighted by Crippen LogP contribution is 2.28. The number of hydrogen-bond donors (Lipinski definition) is 2. The Labute approximate surface area is 87.9 Å². The number of rotatable bonds is 3. The molecule has 0 saturated heterocycles. The lowest BCUT2D eigenvalue weighted by atomic mass is 10.1. The van der Waals surface area contributed by atoms with Gasteiger partial charge in [0.05, 0.1) is 18.2 Å². The van der Waals surface area contributed by atoms with Crippen molar-refractivity contribution in [2.24, 2.45) is 12.8 Å². The summed E-state index contributed by atoms with van der Waals surface area (Å²) in [4.78, 5) is 10.6. The summed E-state index contributed by atoms with van der Waals surface area (Å²) in [6.45, 7) is 0. The molecule has 0 aliphatic heterocycles. The lowest BCUT2D eigenvalue weighted by Crippen LogP contribution is -2.17. The van der Waals surface area contributed by atoms with Crippen LogP contribution in [-0.4, -0.2) is 20.9 Å². The molecule has 82 valence electrons. The van der Waals surface area contributed by atoms with Gasteiger partial charge >= 0.3 is 5.97 Å². The van der Waals surface area contributed by atoms with Crippen molar-refractivity contribution in [1.29, 1.82) is 0 Å². The standard InChI is InChI=1S/C10H15N3O2/c1-13-8-4-2-3-6(8)10(12-13)7(11)5-9(14)15/h7H,2-5,11H2,1H3,(H,14,15). The second kappa shape index (κ2) is 3.66. The molecule has 2 rings (SSSR count). The van der Waals surface area contributed by atoms with E-state index in [1.54, 1.807) is 0 Å². The maximum absolute atomic E-state index is 10.6. The molecule has 0 fully saturated rings. The molecule has 0 spiro atoms. The number of carboxylic acid groups (broad SMARTS) is 1. The summed E-state index contributed by atoms with van der Waals surface area (Å²) in [5, 5.41) is 13.0. The van der Waals surface area contributed by atoms with Gasteiger partial charge in [0, 0.05) is 12.7 Å². The van der Waals surface area contributed by atoms with Gasteiger partial charge < -0.3 is 10.8 Å². The van der Waals surface area contributed by atoms with Crippen LogP contribution in [0.25, 0.3) is 0 Å². The first-order valence-electron chi connectivity index (χ1n) is 5.11. The normalized spacial score (nSPS) is 16.4. The lowest BCUT2D eigenvalue weighted by Gasteiger charge is -2.06. The predicted molar refractivity (Wildman–Crippen MR) is 54.4 cm³/mol. The number of nitrogens with zero attached hydrogens (tertiary/aromatic N) is 2. The topological polar surface area (TPSA) is 81.1 Å². The van der Waals surface area contributed by atoms with Crippen molar-refractivity contribution in [3.8, 4) is 0 Å². The lowest BCUT2D eigenvalue weighted by molar-refractivity contribution is -0.137.